The van der Waals surface area contributed by atoms with Crippen LogP contribution < -0.4 is 0 Å². The Bertz CT molecular complexity index is 387. The minimum absolute atomic E-state index is 0.134. The van der Waals surface area contributed by atoms with E-state index in [0.717, 1.165) is 0 Å². The van der Waals surface area contributed by atoms with Crippen LogP contribution in [0.3, 0.4) is 0 Å². The van der Waals surface area contributed by atoms with Crippen molar-refractivity contribution in [2.75, 3.05) is 0 Å². The van der Waals surface area contributed by atoms with Crippen molar-refractivity contribution in [2.24, 2.45) is 5.18 Å². The van der Waals surface area contributed by atoms with Gasteiger partial charge >= 0.3 is 5.91 Å². The van der Waals surface area contributed by atoms with Crippen molar-refractivity contribution in [1.82, 2.24) is 0 Å². The molecule has 7 nitrogen and oxygen atoms in total. The Kier molecular flexibility index (Phi) is 3.44. The average molecular weight is 210 g/mol. The zero-order chi connectivity index (χ0) is 11.3. The third kappa shape index (κ3) is 3.14. The van der Waals surface area contributed by atoms with Gasteiger partial charge in [-0.2, -0.15) is 0 Å². The molecular formula is C8H6N2O5. The van der Waals surface area contributed by atoms with Gasteiger partial charge in [-0.25, -0.2) is 0 Å². The second kappa shape index (κ2) is 4.80. The van der Waals surface area contributed by atoms with Crippen LogP contribution in [0.25, 0.3) is 0 Å². The molecule has 0 saturated carbocycles. The maximum Gasteiger partial charge on any atom is 0.316 e. The summed E-state index contributed by atoms with van der Waals surface area (Å²) in [7, 11) is 0. The summed E-state index contributed by atoms with van der Waals surface area (Å²) < 4.78 is 0. The van der Waals surface area contributed by atoms with Gasteiger partial charge in [0.25, 0.3) is 5.09 Å². The van der Waals surface area contributed by atoms with Crippen molar-refractivity contribution < 1.29 is 14.7 Å². The number of hydrogen-bond donors (Lipinski definition) is 0. The number of nitroso groups, excluding NO2 is 1. The molecule has 0 aromatic heterocycles. The Morgan fingerprint density at radius 1 is 1.40 bits per heavy atom. The van der Waals surface area contributed by atoms with Crippen LogP contribution >= 0.6 is 0 Å². The molecule has 0 radical (unpaired) electrons. The second-order valence-electron chi connectivity index (χ2n) is 2.59. The van der Waals surface area contributed by atoms with E-state index in [0.29, 0.717) is 5.56 Å². The minimum Gasteiger partial charge on any atom is -0.309 e. The van der Waals surface area contributed by atoms with Crippen LogP contribution in [0.15, 0.2) is 29.4 Å². The molecular weight excluding hydrogens is 204 g/mol. The van der Waals surface area contributed by atoms with E-state index in [1.807, 2.05) is 0 Å². The normalized spacial score (nSPS) is 9.33. The van der Waals surface area contributed by atoms with Gasteiger partial charge in [-0.1, -0.05) is 12.1 Å². The lowest BCUT2D eigenvalue weighted by Crippen LogP contribution is -2.01. The molecule has 0 bridgehead atoms. The number of rotatable bonds is 4. The largest absolute Gasteiger partial charge is 0.316 e. The molecule has 1 aromatic rings. The van der Waals surface area contributed by atoms with Gasteiger partial charge in [-0.15, -0.1) is 15.0 Å². The molecule has 0 fully saturated rings. The summed E-state index contributed by atoms with van der Waals surface area (Å²) in [5.74, 6) is -0.878. The molecule has 0 saturated heterocycles. The van der Waals surface area contributed by atoms with E-state index >= 15 is 0 Å². The molecule has 1 aromatic carbocycles. The van der Waals surface area contributed by atoms with Gasteiger partial charge in [0.15, 0.2) is 0 Å². The third-order valence-corrected chi connectivity index (χ3v) is 1.62. The van der Waals surface area contributed by atoms with Crippen LogP contribution in [0.5, 0.6) is 0 Å². The molecule has 7 heteroatoms. The second-order valence-corrected chi connectivity index (χ2v) is 2.59. The lowest BCUT2D eigenvalue weighted by atomic mass is 10.1. The number of amides is 1. The van der Waals surface area contributed by atoms with Crippen LogP contribution in [0.2, 0.25) is 0 Å². The summed E-state index contributed by atoms with van der Waals surface area (Å²) in [6.07, 6.45) is 0. The lowest BCUT2D eigenvalue weighted by molar-refractivity contribution is -0.763. The number of carbonyl (C=O) groups excluding carboxylic acids is 1. The van der Waals surface area contributed by atoms with Crippen molar-refractivity contribution >= 4 is 5.91 Å². The molecule has 0 atom stereocenters. The van der Waals surface area contributed by atoms with Crippen molar-refractivity contribution in [3.63, 3.8) is 0 Å². The van der Waals surface area contributed by atoms with Crippen molar-refractivity contribution in [2.45, 2.75) is 6.61 Å². The monoisotopic (exact) mass is 210 g/mol. The van der Waals surface area contributed by atoms with E-state index in [9.17, 15) is 19.8 Å². The van der Waals surface area contributed by atoms with E-state index < -0.39 is 11.0 Å². The summed E-state index contributed by atoms with van der Waals surface area (Å²) in [6, 6.07) is 5.59. The Morgan fingerprint density at radius 2 is 2.00 bits per heavy atom. The van der Waals surface area contributed by atoms with Crippen molar-refractivity contribution in [3.05, 3.63) is 50.4 Å². The first-order valence-corrected chi connectivity index (χ1v) is 3.87. The number of nitrogens with zero attached hydrogens (tertiary/aromatic N) is 2. The van der Waals surface area contributed by atoms with Gasteiger partial charge in [-0.05, 0) is 17.7 Å². The van der Waals surface area contributed by atoms with Crippen LogP contribution in [0, 0.1) is 15.0 Å². The highest BCUT2D eigenvalue weighted by Gasteiger charge is 2.05. The van der Waals surface area contributed by atoms with E-state index in [2.05, 4.69) is 10.0 Å². The fourth-order valence-corrected chi connectivity index (χ4v) is 0.923. The molecule has 1 rings (SSSR count). The molecule has 0 aliphatic carbocycles. The molecule has 78 valence electrons. The van der Waals surface area contributed by atoms with Crippen LogP contribution in [0.4, 0.5) is 0 Å². The van der Waals surface area contributed by atoms with Crippen LogP contribution in [-0.4, -0.2) is 11.0 Å². The molecule has 15 heavy (non-hydrogen) atoms. The SMILES string of the molecule is O=NC(=O)c1ccc(CO[N+](=O)[O-])cc1. The van der Waals surface area contributed by atoms with Gasteiger partial charge in [-0.3, -0.25) is 4.79 Å². The van der Waals surface area contributed by atoms with Crippen LogP contribution in [0.1, 0.15) is 15.9 Å². The third-order valence-electron chi connectivity index (χ3n) is 1.62. The summed E-state index contributed by atoms with van der Waals surface area (Å²) in [5.41, 5.74) is 0.656. The quantitative estimate of drug-likeness (QED) is 0.423. The van der Waals surface area contributed by atoms with E-state index in [4.69, 9.17) is 0 Å². The molecule has 0 aliphatic heterocycles. The first-order chi connectivity index (χ1) is 7.13. The topological polar surface area (TPSA) is 98.9 Å². The molecule has 1 amide bonds. The van der Waals surface area contributed by atoms with Gasteiger partial charge in [0.1, 0.15) is 6.61 Å². The zero-order valence-electron chi connectivity index (χ0n) is 7.45. The minimum atomic E-state index is -0.911. The molecule has 0 heterocycles. The number of hydrogen-bond acceptors (Lipinski definition) is 5. The van der Waals surface area contributed by atoms with E-state index in [1.165, 1.54) is 24.3 Å². The predicted molar refractivity (Wildman–Crippen MR) is 48.4 cm³/mol. The fourth-order valence-electron chi connectivity index (χ4n) is 0.923. The number of benzene rings is 1. The van der Waals surface area contributed by atoms with Gasteiger partial charge in [0.05, 0.1) is 0 Å². The average Bonchev–Trinajstić information content (AvgIpc) is 2.26. The number of carbonyl (C=O) groups is 1. The highest BCUT2D eigenvalue weighted by Crippen LogP contribution is 2.06. The molecule has 0 spiro atoms. The zero-order valence-corrected chi connectivity index (χ0v) is 7.45. The highest BCUT2D eigenvalue weighted by atomic mass is 16.9. The van der Waals surface area contributed by atoms with Crippen molar-refractivity contribution in [3.8, 4) is 0 Å². The van der Waals surface area contributed by atoms with Gasteiger partial charge in [0, 0.05) is 10.7 Å². The van der Waals surface area contributed by atoms with E-state index in [1.54, 1.807) is 0 Å². The Balaban J connectivity index is 2.68. The first-order valence-electron chi connectivity index (χ1n) is 3.87. The van der Waals surface area contributed by atoms with Gasteiger partial charge in [0.2, 0.25) is 0 Å². The summed E-state index contributed by atoms with van der Waals surface area (Å²) in [4.78, 5) is 34.6. The Morgan fingerprint density at radius 3 is 2.47 bits per heavy atom. The fraction of sp³-hybridized carbons (Fsp3) is 0.125. The highest BCUT2D eigenvalue weighted by molar-refractivity contribution is 5.94. The van der Waals surface area contributed by atoms with E-state index in [-0.39, 0.29) is 12.2 Å². The standard InChI is InChI=1S/C8H6N2O5/c11-8(9-12)7-3-1-6(2-4-7)5-15-10(13)14/h1-4H,5H2. The van der Waals surface area contributed by atoms with Crippen molar-refractivity contribution in [1.29, 1.82) is 0 Å². The maximum absolute atomic E-state index is 10.8. The first kappa shape index (κ1) is 10.8. The Hall–Kier alpha value is -2.31. The summed E-state index contributed by atoms with van der Waals surface area (Å²) in [6.45, 7) is -0.198. The Labute approximate surface area is 83.7 Å². The molecule has 0 aliphatic rings. The van der Waals surface area contributed by atoms with Crippen LogP contribution in [-0.2, 0) is 11.4 Å². The van der Waals surface area contributed by atoms with Gasteiger partial charge < -0.3 is 4.84 Å². The lowest BCUT2D eigenvalue weighted by Gasteiger charge is -1.99. The maximum atomic E-state index is 10.8. The summed E-state index contributed by atoms with van der Waals surface area (Å²) in [5, 5.41) is 11.2. The molecule has 0 N–H and O–H groups in total. The molecule has 0 unspecified atom stereocenters. The summed E-state index contributed by atoms with van der Waals surface area (Å²) >= 11 is 0. The predicted octanol–water partition coefficient (Wildman–Crippen LogP) is 1.30. The smallest absolute Gasteiger partial charge is 0.309 e.